The Morgan fingerprint density at radius 3 is 2.86 bits per heavy atom. The summed E-state index contributed by atoms with van der Waals surface area (Å²) in [4.78, 5) is 0. The molecule has 1 rings (SSSR count). The Bertz CT molecular complexity index is 353. The fraction of sp³-hybridized carbons (Fsp3) is 0.364. The third kappa shape index (κ3) is 2.48. The maximum Gasteiger partial charge on any atom is 0.174 e. The summed E-state index contributed by atoms with van der Waals surface area (Å²) < 4.78 is 5.29. The lowest BCUT2D eigenvalue weighted by atomic mass is 10.1. The van der Waals surface area contributed by atoms with Crippen molar-refractivity contribution in [2.75, 3.05) is 6.61 Å². The van der Waals surface area contributed by atoms with Crippen LogP contribution >= 0.6 is 0 Å². The average Bonchev–Trinajstić information content (AvgIpc) is 2.14. The molecule has 3 nitrogen and oxygen atoms in total. The zero-order valence-electron chi connectivity index (χ0n) is 8.45. The highest BCUT2D eigenvalue weighted by molar-refractivity contribution is 5.39. The Morgan fingerprint density at radius 2 is 2.29 bits per heavy atom. The highest BCUT2D eigenvalue weighted by Crippen LogP contribution is 2.24. The van der Waals surface area contributed by atoms with Crippen molar-refractivity contribution in [1.29, 1.82) is 5.26 Å². The van der Waals surface area contributed by atoms with Crippen molar-refractivity contribution in [1.82, 2.24) is 0 Å². The van der Waals surface area contributed by atoms with Gasteiger partial charge in [0, 0.05) is 11.6 Å². The van der Waals surface area contributed by atoms with Gasteiger partial charge >= 0.3 is 0 Å². The molecule has 0 saturated carbocycles. The molecule has 0 fully saturated rings. The van der Waals surface area contributed by atoms with Gasteiger partial charge in [-0.25, -0.2) is 0 Å². The van der Waals surface area contributed by atoms with E-state index in [-0.39, 0.29) is 12.6 Å². The first-order valence-corrected chi connectivity index (χ1v) is 4.51. The van der Waals surface area contributed by atoms with Crippen molar-refractivity contribution in [2.24, 2.45) is 5.73 Å². The molecular formula is C11H14N2O. The Balaban J connectivity index is 2.98. The molecule has 0 aliphatic carbocycles. The van der Waals surface area contributed by atoms with Gasteiger partial charge in [0.05, 0.1) is 0 Å². The van der Waals surface area contributed by atoms with E-state index in [1.54, 1.807) is 0 Å². The van der Waals surface area contributed by atoms with Crippen LogP contribution in [0.25, 0.3) is 0 Å². The molecule has 0 amide bonds. The van der Waals surface area contributed by atoms with Gasteiger partial charge in [0.25, 0.3) is 0 Å². The molecule has 0 spiro atoms. The molecule has 0 aromatic heterocycles. The van der Waals surface area contributed by atoms with E-state index in [4.69, 9.17) is 15.7 Å². The average molecular weight is 190 g/mol. The number of aryl methyl sites for hydroxylation is 1. The van der Waals surface area contributed by atoms with Crippen LogP contribution < -0.4 is 10.5 Å². The van der Waals surface area contributed by atoms with Gasteiger partial charge in [0.15, 0.2) is 6.61 Å². The van der Waals surface area contributed by atoms with E-state index in [1.165, 1.54) is 0 Å². The number of hydrogen-bond acceptors (Lipinski definition) is 3. The number of ether oxygens (including phenoxy) is 1. The lowest BCUT2D eigenvalue weighted by Crippen LogP contribution is -2.08. The van der Waals surface area contributed by atoms with Crippen LogP contribution in [0.3, 0.4) is 0 Å². The lowest BCUT2D eigenvalue weighted by molar-refractivity contribution is 0.361. The summed E-state index contributed by atoms with van der Waals surface area (Å²) in [6.45, 7) is 3.93. The number of hydrogen-bond donors (Lipinski definition) is 1. The minimum Gasteiger partial charge on any atom is -0.478 e. The molecule has 0 aliphatic heterocycles. The molecule has 0 bridgehead atoms. The Labute approximate surface area is 84.1 Å². The van der Waals surface area contributed by atoms with Gasteiger partial charge < -0.3 is 10.5 Å². The third-order valence-corrected chi connectivity index (χ3v) is 1.95. The van der Waals surface area contributed by atoms with Crippen LogP contribution in [-0.4, -0.2) is 6.61 Å². The number of benzene rings is 1. The van der Waals surface area contributed by atoms with Crippen molar-refractivity contribution >= 4 is 0 Å². The lowest BCUT2D eigenvalue weighted by Gasteiger charge is -2.12. The van der Waals surface area contributed by atoms with Gasteiger partial charge in [0.1, 0.15) is 11.8 Å². The van der Waals surface area contributed by atoms with Crippen molar-refractivity contribution in [3.63, 3.8) is 0 Å². The first-order chi connectivity index (χ1) is 6.65. The summed E-state index contributed by atoms with van der Waals surface area (Å²) >= 11 is 0. The van der Waals surface area contributed by atoms with E-state index >= 15 is 0 Å². The van der Waals surface area contributed by atoms with Crippen molar-refractivity contribution in [2.45, 2.75) is 19.9 Å². The van der Waals surface area contributed by atoms with Crippen molar-refractivity contribution < 1.29 is 4.74 Å². The molecule has 0 radical (unpaired) electrons. The molecule has 3 heteroatoms. The van der Waals surface area contributed by atoms with Gasteiger partial charge in [-0.05, 0) is 25.5 Å². The van der Waals surface area contributed by atoms with E-state index in [0.29, 0.717) is 5.75 Å². The van der Waals surface area contributed by atoms with Gasteiger partial charge in [-0.15, -0.1) is 0 Å². The molecular weight excluding hydrogens is 176 g/mol. The van der Waals surface area contributed by atoms with Crippen LogP contribution in [0.4, 0.5) is 0 Å². The predicted molar refractivity (Wildman–Crippen MR) is 54.9 cm³/mol. The van der Waals surface area contributed by atoms with E-state index in [1.807, 2.05) is 38.1 Å². The summed E-state index contributed by atoms with van der Waals surface area (Å²) in [7, 11) is 0. The normalized spacial score (nSPS) is 11.9. The SMILES string of the molecule is Cc1ccc([C@@H](C)N)c(OCC#N)c1. The van der Waals surface area contributed by atoms with Gasteiger partial charge in [-0.3, -0.25) is 0 Å². The van der Waals surface area contributed by atoms with Crippen molar-refractivity contribution in [3.8, 4) is 11.8 Å². The van der Waals surface area contributed by atoms with Gasteiger partial charge in [0.2, 0.25) is 0 Å². The Kier molecular flexibility index (Phi) is 3.49. The van der Waals surface area contributed by atoms with E-state index < -0.39 is 0 Å². The number of rotatable bonds is 3. The van der Waals surface area contributed by atoms with Crippen LogP contribution in [-0.2, 0) is 0 Å². The molecule has 0 unspecified atom stereocenters. The number of nitrogens with two attached hydrogens (primary N) is 1. The predicted octanol–water partition coefficient (Wildman–Crippen LogP) is 1.92. The van der Waals surface area contributed by atoms with Gasteiger partial charge in [-0.1, -0.05) is 12.1 Å². The second-order valence-electron chi connectivity index (χ2n) is 3.28. The maximum atomic E-state index is 8.42. The Morgan fingerprint density at radius 1 is 1.57 bits per heavy atom. The summed E-state index contributed by atoms with van der Waals surface area (Å²) in [5.74, 6) is 0.710. The zero-order chi connectivity index (χ0) is 10.6. The largest absolute Gasteiger partial charge is 0.478 e. The Hall–Kier alpha value is -1.53. The highest BCUT2D eigenvalue weighted by atomic mass is 16.5. The summed E-state index contributed by atoms with van der Waals surface area (Å²) in [6.07, 6.45) is 0. The fourth-order valence-electron chi connectivity index (χ4n) is 1.25. The first-order valence-electron chi connectivity index (χ1n) is 4.51. The van der Waals surface area contributed by atoms with Crippen LogP contribution in [0.5, 0.6) is 5.75 Å². The minimum absolute atomic E-state index is 0.0587. The second-order valence-corrected chi connectivity index (χ2v) is 3.28. The topological polar surface area (TPSA) is 59.0 Å². The van der Waals surface area contributed by atoms with Crippen LogP contribution in [0.15, 0.2) is 18.2 Å². The summed E-state index contributed by atoms with van der Waals surface area (Å²) in [5.41, 5.74) is 7.81. The molecule has 0 heterocycles. The zero-order valence-corrected chi connectivity index (χ0v) is 8.45. The molecule has 0 aliphatic rings. The number of nitriles is 1. The van der Waals surface area contributed by atoms with Gasteiger partial charge in [-0.2, -0.15) is 5.26 Å². The molecule has 1 aromatic carbocycles. The molecule has 74 valence electrons. The molecule has 14 heavy (non-hydrogen) atoms. The highest BCUT2D eigenvalue weighted by Gasteiger charge is 2.07. The van der Waals surface area contributed by atoms with Crippen LogP contribution in [0.1, 0.15) is 24.1 Å². The summed E-state index contributed by atoms with van der Waals surface area (Å²) in [5, 5.41) is 8.42. The maximum absolute atomic E-state index is 8.42. The van der Waals surface area contributed by atoms with E-state index in [0.717, 1.165) is 11.1 Å². The van der Waals surface area contributed by atoms with Crippen LogP contribution in [0.2, 0.25) is 0 Å². The molecule has 1 aromatic rings. The smallest absolute Gasteiger partial charge is 0.174 e. The van der Waals surface area contributed by atoms with Crippen molar-refractivity contribution in [3.05, 3.63) is 29.3 Å². The molecule has 1 atom stereocenters. The van der Waals surface area contributed by atoms with E-state index in [2.05, 4.69) is 0 Å². The van der Waals surface area contributed by atoms with Crippen LogP contribution in [0, 0.1) is 18.3 Å². The monoisotopic (exact) mass is 190 g/mol. The second kappa shape index (κ2) is 4.64. The van der Waals surface area contributed by atoms with E-state index in [9.17, 15) is 0 Å². The quantitative estimate of drug-likeness (QED) is 0.792. The minimum atomic E-state index is -0.0794. The molecule has 2 N–H and O–H groups in total. The standard InChI is InChI=1S/C11H14N2O/c1-8-3-4-10(9(2)13)11(7-8)14-6-5-12/h3-4,7,9H,6,13H2,1-2H3/t9-/m1/s1. The fourth-order valence-corrected chi connectivity index (χ4v) is 1.25. The third-order valence-electron chi connectivity index (χ3n) is 1.95. The summed E-state index contributed by atoms with van der Waals surface area (Å²) in [6, 6.07) is 7.68. The first kappa shape index (κ1) is 10.6. The number of nitrogens with zero attached hydrogens (tertiary/aromatic N) is 1. The molecule has 0 saturated heterocycles.